The highest BCUT2D eigenvalue weighted by Gasteiger charge is 2.31. The van der Waals surface area contributed by atoms with Crippen molar-refractivity contribution in [2.45, 2.75) is 13.1 Å². The molecule has 24 heavy (non-hydrogen) atoms. The highest BCUT2D eigenvalue weighted by molar-refractivity contribution is 6.32. The smallest absolute Gasteiger partial charge is 0.326 e. The molecule has 0 atom stereocenters. The lowest BCUT2D eigenvalue weighted by molar-refractivity contribution is -0.137. The van der Waals surface area contributed by atoms with Gasteiger partial charge in [-0.2, -0.15) is 18.3 Å². The molecule has 1 heterocycles. The Hall–Kier alpha value is -2.61. The van der Waals surface area contributed by atoms with E-state index in [1.165, 1.54) is 13.1 Å². The van der Waals surface area contributed by atoms with E-state index in [9.17, 15) is 18.0 Å². The van der Waals surface area contributed by atoms with Crippen LogP contribution in [-0.4, -0.2) is 17.1 Å². The Morgan fingerprint density at radius 2 is 1.96 bits per heavy atom. The fraction of sp³-hybridized carbons (Fsp3) is 0.133. The molecule has 0 spiro atoms. The van der Waals surface area contributed by atoms with Crippen molar-refractivity contribution in [3.05, 3.63) is 52.7 Å². The number of pyridine rings is 1. The van der Waals surface area contributed by atoms with E-state index >= 15 is 0 Å². The fourth-order valence-corrected chi connectivity index (χ4v) is 1.91. The summed E-state index contributed by atoms with van der Waals surface area (Å²) in [7, 11) is 0. The van der Waals surface area contributed by atoms with E-state index in [4.69, 9.17) is 11.6 Å². The molecule has 5 nitrogen and oxygen atoms in total. The minimum atomic E-state index is -4.51. The van der Waals surface area contributed by atoms with Gasteiger partial charge in [0.1, 0.15) is 0 Å². The first kappa shape index (κ1) is 17.7. The zero-order chi connectivity index (χ0) is 17.7. The van der Waals surface area contributed by atoms with Gasteiger partial charge in [-0.05, 0) is 23.8 Å². The summed E-state index contributed by atoms with van der Waals surface area (Å²) in [5, 5.41) is 6.29. The lowest BCUT2D eigenvalue weighted by Gasteiger charge is -2.08. The van der Waals surface area contributed by atoms with Gasteiger partial charge in [0.25, 0.3) is 0 Å². The monoisotopic (exact) mass is 356 g/mol. The molecule has 126 valence electrons. The van der Waals surface area contributed by atoms with E-state index < -0.39 is 11.7 Å². The second kappa shape index (κ2) is 7.31. The molecule has 2 rings (SSSR count). The third-order valence-corrected chi connectivity index (χ3v) is 3.07. The Morgan fingerprint density at radius 1 is 1.29 bits per heavy atom. The third-order valence-electron chi connectivity index (χ3n) is 2.78. The molecule has 0 aliphatic rings. The average molecular weight is 357 g/mol. The van der Waals surface area contributed by atoms with Crippen LogP contribution in [0.1, 0.15) is 18.1 Å². The number of aromatic nitrogens is 1. The number of nitrogens with zero attached hydrogens (tertiary/aromatic N) is 2. The largest absolute Gasteiger partial charge is 0.417 e. The quantitative estimate of drug-likeness (QED) is 0.638. The SMILES string of the molecule is CC(=O)Nc1ccc(/C=N\Nc2ncc(C(F)(F)F)cc2Cl)cc1. The standard InChI is InChI=1S/C15H12ClF3N4O/c1-9(24)22-12-4-2-10(3-5-12)7-21-23-14-13(16)6-11(8-20-14)15(17,18)19/h2-8H,1H3,(H,20,23)(H,22,24)/b21-7-. The topological polar surface area (TPSA) is 66.4 Å². The van der Waals surface area contributed by atoms with Gasteiger partial charge >= 0.3 is 6.18 Å². The summed E-state index contributed by atoms with van der Waals surface area (Å²) in [4.78, 5) is 14.5. The van der Waals surface area contributed by atoms with E-state index in [0.717, 1.165) is 6.07 Å². The lowest BCUT2D eigenvalue weighted by Crippen LogP contribution is -2.06. The average Bonchev–Trinajstić information content (AvgIpc) is 2.49. The van der Waals surface area contributed by atoms with Crippen LogP contribution in [0.2, 0.25) is 5.02 Å². The number of nitrogens with one attached hydrogen (secondary N) is 2. The first-order valence-electron chi connectivity index (χ1n) is 6.65. The molecule has 0 aliphatic heterocycles. The van der Waals surface area contributed by atoms with Gasteiger partial charge in [0.2, 0.25) is 5.91 Å². The van der Waals surface area contributed by atoms with Crippen molar-refractivity contribution >= 4 is 35.2 Å². The van der Waals surface area contributed by atoms with Gasteiger partial charge in [-0.1, -0.05) is 23.7 Å². The van der Waals surface area contributed by atoms with Crippen molar-refractivity contribution in [3.8, 4) is 0 Å². The van der Waals surface area contributed by atoms with Crippen LogP contribution in [-0.2, 0) is 11.0 Å². The van der Waals surface area contributed by atoms with Crippen LogP contribution in [0.25, 0.3) is 0 Å². The van der Waals surface area contributed by atoms with Crippen LogP contribution < -0.4 is 10.7 Å². The van der Waals surface area contributed by atoms with Crippen molar-refractivity contribution in [3.63, 3.8) is 0 Å². The maximum absolute atomic E-state index is 12.5. The molecule has 0 bridgehead atoms. The van der Waals surface area contributed by atoms with Gasteiger partial charge in [0.15, 0.2) is 5.82 Å². The van der Waals surface area contributed by atoms with Gasteiger partial charge in [-0.3, -0.25) is 10.2 Å². The van der Waals surface area contributed by atoms with E-state index in [-0.39, 0.29) is 16.7 Å². The number of amides is 1. The molecule has 0 radical (unpaired) electrons. The van der Waals surface area contributed by atoms with Crippen LogP contribution in [0.3, 0.4) is 0 Å². The summed E-state index contributed by atoms with van der Waals surface area (Å²) < 4.78 is 37.5. The van der Waals surface area contributed by atoms with Gasteiger partial charge in [-0.25, -0.2) is 4.98 Å². The second-order valence-electron chi connectivity index (χ2n) is 4.73. The molecule has 0 fully saturated rings. The van der Waals surface area contributed by atoms with Crippen molar-refractivity contribution in [2.24, 2.45) is 5.10 Å². The number of anilines is 2. The summed E-state index contributed by atoms with van der Waals surface area (Å²) in [6, 6.07) is 7.56. The normalized spacial score (nSPS) is 11.5. The summed E-state index contributed by atoms with van der Waals surface area (Å²) in [6.07, 6.45) is -2.40. The number of benzene rings is 1. The van der Waals surface area contributed by atoms with Crippen LogP contribution in [0, 0.1) is 0 Å². The number of hydrogen-bond acceptors (Lipinski definition) is 4. The van der Waals surface area contributed by atoms with Crippen LogP contribution in [0.5, 0.6) is 0 Å². The van der Waals surface area contributed by atoms with Gasteiger partial charge in [0.05, 0.1) is 16.8 Å². The van der Waals surface area contributed by atoms with Crippen LogP contribution in [0.4, 0.5) is 24.7 Å². The van der Waals surface area contributed by atoms with Crippen molar-refractivity contribution in [1.29, 1.82) is 0 Å². The van der Waals surface area contributed by atoms with E-state index in [1.807, 2.05) is 0 Å². The zero-order valence-electron chi connectivity index (χ0n) is 12.4. The Balaban J connectivity index is 2.02. The Labute approximate surface area is 140 Å². The maximum atomic E-state index is 12.5. The summed E-state index contributed by atoms with van der Waals surface area (Å²) in [6.45, 7) is 1.40. The van der Waals surface area contributed by atoms with Crippen LogP contribution in [0.15, 0.2) is 41.6 Å². The molecule has 1 aromatic heterocycles. The maximum Gasteiger partial charge on any atom is 0.417 e. The summed E-state index contributed by atoms with van der Waals surface area (Å²) in [5.74, 6) is -0.170. The fourth-order valence-electron chi connectivity index (χ4n) is 1.70. The van der Waals surface area contributed by atoms with E-state index in [2.05, 4.69) is 20.8 Å². The number of rotatable bonds is 4. The van der Waals surface area contributed by atoms with Gasteiger partial charge in [0, 0.05) is 18.8 Å². The van der Waals surface area contributed by atoms with Crippen molar-refractivity contribution in [1.82, 2.24) is 4.98 Å². The molecule has 2 N–H and O–H groups in total. The third kappa shape index (κ3) is 4.95. The molecule has 0 aliphatic carbocycles. The van der Waals surface area contributed by atoms with Crippen molar-refractivity contribution in [2.75, 3.05) is 10.7 Å². The molecular formula is C15H12ClF3N4O. The zero-order valence-corrected chi connectivity index (χ0v) is 13.1. The molecule has 0 saturated carbocycles. The van der Waals surface area contributed by atoms with Crippen LogP contribution >= 0.6 is 11.6 Å². The first-order valence-corrected chi connectivity index (χ1v) is 7.03. The number of alkyl halides is 3. The summed E-state index contributed by atoms with van der Waals surface area (Å²) in [5.41, 5.74) is 2.89. The van der Waals surface area contributed by atoms with Gasteiger partial charge < -0.3 is 5.32 Å². The van der Waals surface area contributed by atoms with E-state index in [0.29, 0.717) is 17.4 Å². The molecule has 2 aromatic rings. The number of hydrogen-bond donors (Lipinski definition) is 2. The lowest BCUT2D eigenvalue weighted by atomic mass is 10.2. The number of carbonyl (C=O) groups is 1. The second-order valence-corrected chi connectivity index (χ2v) is 5.13. The van der Waals surface area contributed by atoms with E-state index in [1.54, 1.807) is 24.3 Å². The van der Waals surface area contributed by atoms with Gasteiger partial charge in [-0.15, -0.1) is 0 Å². The predicted molar refractivity (Wildman–Crippen MR) is 86.2 cm³/mol. The molecular weight excluding hydrogens is 345 g/mol. The molecule has 0 unspecified atom stereocenters. The molecule has 0 saturated heterocycles. The number of halogens is 4. The Morgan fingerprint density at radius 3 is 2.50 bits per heavy atom. The minimum Gasteiger partial charge on any atom is -0.326 e. The Kier molecular flexibility index (Phi) is 5.40. The number of carbonyl (C=O) groups excluding carboxylic acids is 1. The molecule has 1 aromatic carbocycles. The van der Waals surface area contributed by atoms with Crippen molar-refractivity contribution < 1.29 is 18.0 Å². The predicted octanol–water partition coefficient (Wildman–Crippen LogP) is 4.16. The highest BCUT2D eigenvalue weighted by atomic mass is 35.5. The number of hydrazone groups is 1. The molecule has 9 heteroatoms. The molecule has 1 amide bonds. The highest BCUT2D eigenvalue weighted by Crippen LogP contribution is 2.32. The Bertz CT molecular complexity index is 760. The summed E-state index contributed by atoms with van der Waals surface area (Å²) >= 11 is 5.75. The first-order chi connectivity index (χ1) is 11.3. The minimum absolute atomic E-state index is 0.00998.